The highest BCUT2D eigenvalue weighted by Crippen LogP contribution is 2.20. The summed E-state index contributed by atoms with van der Waals surface area (Å²) in [5.41, 5.74) is 0.528. The number of carbonyl (C=O) groups is 1. The van der Waals surface area contributed by atoms with Crippen LogP contribution in [0.25, 0.3) is 22.0 Å². The van der Waals surface area contributed by atoms with Gasteiger partial charge in [-0.1, -0.05) is 0 Å². The second-order valence-corrected chi connectivity index (χ2v) is 3.98. The van der Waals surface area contributed by atoms with Crippen LogP contribution in [0.5, 0.6) is 0 Å². The number of hydrogen-bond acceptors (Lipinski definition) is 4. The molecule has 0 radical (unpaired) electrons. The molecule has 0 saturated carbocycles. The summed E-state index contributed by atoms with van der Waals surface area (Å²) in [4.78, 5) is 29.5. The molecule has 0 amide bonds. The van der Waals surface area contributed by atoms with Crippen molar-refractivity contribution in [3.63, 3.8) is 0 Å². The summed E-state index contributed by atoms with van der Waals surface area (Å²) in [7, 11) is 0. The number of carboxylic acids is 1. The van der Waals surface area contributed by atoms with Gasteiger partial charge in [-0.3, -0.25) is 0 Å². The van der Waals surface area contributed by atoms with Crippen molar-refractivity contribution in [1.29, 1.82) is 0 Å². The van der Waals surface area contributed by atoms with Gasteiger partial charge in [0.25, 0.3) is 0 Å². The van der Waals surface area contributed by atoms with E-state index in [2.05, 4.69) is 9.97 Å². The summed E-state index contributed by atoms with van der Waals surface area (Å²) in [6.07, 6.45) is 0. The van der Waals surface area contributed by atoms with Gasteiger partial charge in [0.2, 0.25) is 0 Å². The third kappa shape index (κ3) is 1.46. The van der Waals surface area contributed by atoms with E-state index in [-0.39, 0.29) is 5.56 Å². The molecule has 2 aromatic heterocycles. The van der Waals surface area contributed by atoms with E-state index in [4.69, 9.17) is 9.52 Å². The molecule has 6 heteroatoms. The van der Waals surface area contributed by atoms with Crippen molar-refractivity contribution in [1.82, 2.24) is 9.97 Å². The molecule has 18 heavy (non-hydrogen) atoms. The SMILES string of the molecule is Cc1nc2cc3oc(=O)c(C(=O)O)cc3cc2[nH]1. The lowest BCUT2D eigenvalue weighted by atomic mass is 10.1. The van der Waals surface area contributed by atoms with Gasteiger partial charge < -0.3 is 14.5 Å². The van der Waals surface area contributed by atoms with E-state index in [0.717, 1.165) is 11.3 Å². The summed E-state index contributed by atoms with van der Waals surface area (Å²) < 4.78 is 4.98. The lowest BCUT2D eigenvalue weighted by molar-refractivity contribution is 0.0692. The first-order valence-corrected chi connectivity index (χ1v) is 5.22. The Kier molecular flexibility index (Phi) is 2.00. The van der Waals surface area contributed by atoms with Gasteiger partial charge in [0.15, 0.2) is 0 Å². The van der Waals surface area contributed by atoms with E-state index >= 15 is 0 Å². The minimum absolute atomic E-state index is 0.323. The average Bonchev–Trinajstić information content (AvgIpc) is 2.64. The Morgan fingerprint density at radius 1 is 1.39 bits per heavy atom. The molecule has 2 N–H and O–H groups in total. The number of H-pyrrole nitrogens is 1. The van der Waals surface area contributed by atoms with E-state index in [1.807, 2.05) is 6.92 Å². The van der Waals surface area contributed by atoms with Crippen molar-refractivity contribution in [3.05, 3.63) is 40.0 Å². The standard InChI is InChI=1S/C12H8N2O4/c1-5-13-8-3-6-2-7(11(15)16)12(17)18-10(6)4-9(8)14-5/h2-4H,1H3,(H,13,14)(H,15,16). The van der Waals surface area contributed by atoms with Crippen LogP contribution < -0.4 is 5.63 Å². The second-order valence-electron chi connectivity index (χ2n) is 3.98. The number of aromatic nitrogens is 2. The minimum Gasteiger partial charge on any atom is -0.477 e. The van der Waals surface area contributed by atoms with E-state index in [1.54, 1.807) is 12.1 Å². The highest BCUT2D eigenvalue weighted by atomic mass is 16.4. The van der Waals surface area contributed by atoms with Gasteiger partial charge in [0, 0.05) is 11.5 Å². The average molecular weight is 244 g/mol. The molecule has 3 aromatic rings. The zero-order valence-corrected chi connectivity index (χ0v) is 9.35. The Morgan fingerprint density at radius 3 is 2.89 bits per heavy atom. The van der Waals surface area contributed by atoms with Crippen molar-refractivity contribution < 1.29 is 14.3 Å². The van der Waals surface area contributed by atoms with Gasteiger partial charge >= 0.3 is 11.6 Å². The minimum atomic E-state index is -1.30. The van der Waals surface area contributed by atoms with E-state index in [1.165, 1.54) is 6.07 Å². The molecule has 0 atom stereocenters. The quantitative estimate of drug-likeness (QED) is 0.635. The van der Waals surface area contributed by atoms with Crippen LogP contribution in [0.4, 0.5) is 0 Å². The predicted octanol–water partition coefficient (Wildman–Crippen LogP) is 1.68. The maximum Gasteiger partial charge on any atom is 0.351 e. The molecule has 0 aliphatic carbocycles. The topological polar surface area (TPSA) is 96.2 Å². The largest absolute Gasteiger partial charge is 0.477 e. The lowest BCUT2D eigenvalue weighted by Gasteiger charge is -1.98. The molecule has 3 rings (SSSR count). The molecule has 0 spiro atoms. The fraction of sp³-hybridized carbons (Fsp3) is 0.0833. The van der Waals surface area contributed by atoms with Crippen LogP contribution >= 0.6 is 0 Å². The van der Waals surface area contributed by atoms with Crippen LogP contribution in [-0.4, -0.2) is 21.0 Å². The van der Waals surface area contributed by atoms with Gasteiger partial charge in [-0.15, -0.1) is 0 Å². The van der Waals surface area contributed by atoms with Crippen LogP contribution in [0.1, 0.15) is 16.2 Å². The third-order valence-corrected chi connectivity index (χ3v) is 2.68. The second kappa shape index (κ2) is 3.43. The molecule has 2 heterocycles. The smallest absolute Gasteiger partial charge is 0.351 e. The van der Waals surface area contributed by atoms with Crippen molar-refractivity contribution in [2.75, 3.05) is 0 Å². The molecular weight excluding hydrogens is 236 g/mol. The number of hydrogen-bond donors (Lipinski definition) is 2. The molecule has 6 nitrogen and oxygen atoms in total. The monoisotopic (exact) mass is 244 g/mol. The molecular formula is C12H8N2O4. The highest BCUT2D eigenvalue weighted by molar-refractivity contribution is 5.96. The van der Waals surface area contributed by atoms with Gasteiger partial charge in [-0.05, 0) is 19.1 Å². The summed E-state index contributed by atoms with van der Waals surface area (Å²) in [5.74, 6) is -0.562. The molecule has 0 fully saturated rings. The fourth-order valence-corrected chi connectivity index (χ4v) is 1.90. The van der Waals surface area contributed by atoms with Crippen LogP contribution in [0.2, 0.25) is 0 Å². The van der Waals surface area contributed by atoms with Gasteiger partial charge in [0.1, 0.15) is 17.0 Å². The number of benzene rings is 1. The number of nitrogens with one attached hydrogen (secondary N) is 1. The Morgan fingerprint density at radius 2 is 2.17 bits per heavy atom. The summed E-state index contributed by atoms with van der Waals surface area (Å²) in [6, 6.07) is 4.63. The Bertz CT molecular complexity index is 844. The maximum absolute atomic E-state index is 11.4. The first-order valence-electron chi connectivity index (χ1n) is 5.22. The molecule has 0 aliphatic rings. The van der Waals surface area contributed by atoms with Crippen LogP contribution in [0.15, 0.2) is 27.4 Å². The summed E-state index contributed by atoms with van der Waals surface area (Å²) in [6.45, 7) is 1.81. The van der Waals surface area contributed by atoms with Crippen molar-refractivity contribution in [2.24, 2.45) is 0 Å². The van der Waals surface area contributed by atoms with Crippen LogP contribution in [0.3, 0.4) is 0 Å². The van der Waals surface area contributed by atoms with Gasteiger partial charge in [-0.2, -0.15) is 0 Å². The zero-order valence-electron chi connectivity index (χ0n) is 9.35. The number of fused-ring (bicyclic) bond motifs is 2. The van der Waals surface area contributed by atoms with Crippen molar-refractivity contribution >= 4 is 28.0 Å². The first-order chi connectivity index (χ1) is 8.54. The zero-order chi connectivity index (χ0) is 12.9. The number of rotatable bonds is 1. The number of aromatic carboxylic acids is 1. The van der Waals surface area contributed by atoms with Crippen LogP contribution in [0, 0.1) is 6.92 Å². The molecule has 90 valence electrons. The van der Waals surface area contributed by atoms with E-state index < -0.39 is 11.6 Å². The predicted molar refractivity (Wildman–Crippen MR) is 63.8 cm³/mol. The van der Waals surface area contributed by atoms with Crippen LogP contribution in [-0.2, 0) is 0 Å². The molecule has 0 bridgehead atoms. The number of carboxylic acid groups (broad SMARTS) is 1. The van der Waals surface area contributed by atoms with Crippen molar-refractivity contribution in [2.45, 2.75) is 6.92 Å². The lowest BCUT2D eigenvalue weighted by Crippen LogP contribution is -2.12. The molecule has 0 aliphatic heterocycles. The molecule has 0 saturated heterocycles. The third-order valence-electron chi connectivity index (χ3n) is 2.68. The van der Waals surface area contributed by atoms with E-state index in [9.17, 15) is 9.59 Å². The Hall–Kier alpha value is -2.63. The summed E-state index contributed by atoms with van der Waals surface area (Å²) >= 11 is 0. The number of imidazole rings is 1. The highest BCUT2D eigenvalue weighted by Gasteiger charge is 2.13. The first kappa shape index (κ1) is 10.5. The van der Waals surface area contributed by atoms with E-state index in [0.29, 0.717) is 16.5 Å². The summed E-state index contributed by atoms with van der Waals surface area (Å²) in [5, 5.41) is 9.41. The number of aryl methyl sites for hydroxylation is 1. The van der Waals surface area contributed by atoms with Gasteiger partial charge in [0.05, 0.1) is 11.0 Å². The number of nitrogens with zero attached hydrogens (tertiary/aromatic N) is 1. The Labute approximate surface area is 99.9 Å². The maximum atomic E-state index is 11.4. The fourth-order valence-electron chi connectivity index (χ4n) is 1.90. The number of aromatic amines is 1. The Balaban J connectivity index is 2.43. The molecule has 0 unspecified atom stereocenters. The molecule has 1 aromatic carbocycles. The van der Waals surface area contributed by atoms with Gasteiger partial charge in [-0.25, -0.2) is 14.6 Å². The van der Waals surface area contributed by atoms with Crippen molar-refractivity contribution in [3.8, 4) is 0 Å². The normalized spacial score (nSPS) is 11.2.